The number of benzene rings is 1. The average molecular weight is 202 g/mol. The number of halogens is 2. The Labute approximate surface area is 79.2 Å². The minimum absolute atomic E-state index is 0.0367. The van der Waals surface area contributed by atoms with Crippen molar-refractivity contribution in [1.82, 2.24) is 0 Å². The van der Waals surface area contributed by atoms with Gasteiger partial charge in [-0.25, -0.2) is 4.79 Å². The van der Waals surface area contributed by atoms with Crippen LogP contribution in [0.1, 0.15) is 0 Å². The Morgan fingerprint density at radius 1 is 1.36 bits per heavy atom. The first-order valence-corrected chi connectivity index (χ1v) is 3.77. The van der Waals surface area contributed by atoms with Gasteiger partial charge in [-0.3, -0.25) is 0 Å². The third-order valence-corrected chi connectivity index (χ3v) is 1.44. The highest BCUT2D eigenvalue weighted by atomic mass is 19.3. The molecule has 0 bridgehead atoms. The maximum Gasteiger partial charge on any atom is 0.379 e. The van der Waals surface area contributed by atoms with E-state index in [1.807, 2.05) is 0 Å². The smallest absolute Gasteiger partial charge is 0.379 e. The Balaban J connectivity index is 2.72. The maximum absolute atomic E-state index is 11.8. The van der Waals surface area contributed by atoms with Gasteiger partial charge in [0.2, 0.25) is 0 Å². The van der Waals surface area contributed by atoms with Crippen LogP contribution in [0.15, 0.2) is 24.3 Å². The van der Waals surface area contributed by atoms with Crippen LogP contribution >= 0.6 is 0 Å². The van der Waals surface area contributed by atoms with Crippen LogP contribution in [-0.2, 0) is 4.79 Å². The Hall–Kier alpha value is -1.65. The highest BCUT2D eigenvalue weighted by molar-refractivity contribution is 5.75. The largest absolute Gasteiger partial charge is 0.497 e. The van der Waals surface area contributed by atoms with E-state index in [2.05, 4.69) is 4.74 Å². The van der Waals surface area contributed by atoms with Crippen LogP contribution in [-0.4, -0.2) is 19.5 Å². The monoisotopic (exact) mass is 202 g/mol. The number of ether oxygens (including phenoxy) is 2. The van der Waals surface area contributed by atoms with E-state index in [4.69, 9.17) is 4.74 Å². The van der Waals surface area contributed by atoms with Crippen LogP contribution in [0, 0.1) is 0 Å². The van der Waals surface area contributed by atoms with Crippen LogP contribution in [0.5, 0.6) is 11.5 Å². The first kappa shape index (κ1) is 10.4. The SMILES string of the molecule is COc1cccc(OC(=O)C(F)F)c1. The zero-order chi connectivity index (χ0) is 10.6. The lowest BCUT2D eigenvalue weighted by molar-refractivity contribution is -0.146. The Kier molecular flexibility index (Phi) is 3.39. The van der Waals surface area contributed by atoms with Crippen molar-refractivity contribution in [2.24, 2.45) is 0 Å². The lowest BCUT2D eigenvalue weighted by Crippen LogP contribution is -2.17. The normalized spacial score (nSPS) is 10.0. The molecule has 14 heavy (non-hydrogen) atoms. The lowest BCUT2D eigenvalue weighted by atomic mass is 10.3. The number of hydrogen-bond acceptors (Lipinski definition) is 3. The van der Waals surface area contributed by atoms with Gasteiger partial charge in [-0.05, 0) is 12.1 Å². The van der Waals surface area contributed by atoms with E-state index in [0.29, 0.717) is 5.75 Å². The number of carbonyl (C=O) groups excluding carboxylic acids is 1. The highest BCUT2D eigenvalue weighted by Gasteiger charge is 2.17. The van der Waals surface area contributed by atoms with Gasteiger partial charge < -0.3 is 9.47 Å². The molecule has 0 aliphatic rings. The standard InChI is InChI=1S/C9H8F2O3/c1-13-6-3-2-4-7(5-6)14-9(12)8(10)11/h2-5,8H,1H3. The molecule has 5 heteroatoms. The summed E-state index contributed by atoms with van der Waals surface area (Å²) in [7, 11) is 1.42. The molecule has 0 radical (unpaired) electrons. The number of hydrogen-bond donors (Lipinski definition) is 0. The topological polar surface area (TPSA) is 35.5 Å². The molecule has 0 aliphatic carbocycles. The van der Waals surface area contributed by atoms with Gasteiger partial charge in [-0.1, -0.05) is 6.07 Å². The fraction of sp³-hybridized carbons (Fsp3) is 0.222. The molecule has 3 nitrogen and oxygen atoms in total. The average Bonchev–Trinajstić information content (AvgIpc) is 2.18. The fourth-order valence-electron chi connectivity index (χ4n) is 0.825. The van der Waals surface area contributed by atoms with Gasteiger partial charge in [0.15, 0.2) is 0 Å². The van der Waals surface area contributed by atoms with Crippen LogP contribution in [0.4, 0.5) is 8.78 Å². The fourth-order valence-corrected chi connectivity index (χ4v) is 0.825. The molecular formula is C9H8F2O3. The first-order valence-electron chi connectivity index (χ1n) is 3.77. The van der Waals surface area contributed by atoms with Gasteiger partial charge >= 0.3 is 12.4 Å². The maximum atomic E-state index is 11.8. The second-order valence-corrected chi connectivity index (χ2v) is 2.40. The van der Waals surface area contributed by atoms with E-state index in [0.717, 1.165) is 0 Å². The quantitative estimate of drug-likeness (QED) is 0.554. The zero-order valence-corrected chi connectivity index (χ0v) is 7.37. The molecule has 1 aromatic rings. The predicted octanol–water partition coefficient (Wildman–Crippen LogP) is 1.87. The van der Waals surface area contributed by atoms with Crippen molar-refractivity contribution in [3.63, 3.8) is 0 Å². The number of esters is 1. The molecule has 0 amide bonds. The van der Waals surface area contributed by atoms with Crippen LogP contribution < -0.4 is 9.47 Å². The van der Waals surface area contributed by atoms with Crippen LogP contribution in [0.25, 0.3) is 0 Å². The molecule has 0 N–H and O–H groups in total. The molecule has 0 unspecified atom stereocenters. The molecule has 1 rings (SSSR count). The van der Waals surface area contributed by atoms with Crippen molar-refractivity contribution in [3.8, 4) is 11.5 Å². The summed E-state index contributed by atoms with van der Waals surface area (Å²) in [4.78, 5) is 10.5. The minimum atomic E-state index is -3.12. The molecule has 0 atom stereocenters. The molecule has 1 aromatic carbocycles. The van der Waals surface area contributed by atoms with Crippen LogP contribution in [0.2, 0.25) is 0 Å². The molecule has 0 aromatic heterocycles. The van der Waals surface area contributed by atoms with E-state index >= 15 is 0 Å². The van der Waals surface area contributed by atoms with Crippen molar-refractivity contribution in [2.75, 3.05) is 7.11 Å². The number of rotatable bonds is 3. The van der Waals surface area contributed by atoms with Crippen molar-refractivity contribution in [1.29, 1.82) is 0 Å². The second kappa shape index (κ2) is 4.55. The van der Waals surface area contributed by atoms with E-state index in [9.17, 15) is 13.6 Å². The third-order valence-electron chi connectivity index (χ3n) is 1.44. The molecule has 0 saturated heterocycles. The van der Waals surface area contributed by atoms with Gasteiger partial charge in [-0.2, -0.15) is 8.78 Å². The van der Waals surface area contributed by atoms with Crippen molar-refractivity contribution < 1.29 is 23.0 Å². The van der Waals surface area contributed by atoms with Crippen molar-refractivity contribution >= 4 is 5.97 Å². The highest BCUT2D eigenvalue weighted by Crippen LogP contribution is 2.19. The van der Waals surface area contributed by atoms with Crippen LogP contribution in [0.3, 0.4) is 0 Å². The molecule has 0 aliphatic heterocycles. The summed E-state index contributed by atoms with van der Waals surface area (Å²) in [6, 6.07) is 5.88. The van der Waals surface area contributed by atoms with E-state index in [1.165, 1.54) is 25.3 Å². The molecule has 76 valence electrons. The molecule has 0 saturated carbocycles. The molecular weight excluding hydrogens is 194 g/mol. The summed E-state index contributed by atoms with van der Waals surface area (Å²) in [5.41, 5.74) is 0. The van der Waals surface area contributed by atoms with Gasteiger partial charge in [0.05, 0.1) is 7.11 Å². The van der Waals surface area contributed by atoms with Crippen molar-refractivity contribution in [2.45, 2.75) is 6.43 Å². The molecule has 0 spiro atoms. The third kappa shape index (κ3) is 2.69. The Morgan fingerprint density at radius 3 is 2.57 bits per heavy atom. The van der Waals surface area contributed by atoms with E-state index < -0.39 is 12.4 Å². The number of alkyl halides is 2. The minimum Gasteiger partial charge on any atom is -0.497 e. The molecule has 0 fully saturated rings. The second-order valence-electron chi connectivity index (χ2n) is 2.40. The number of carbonyl (C=O) groups is 1. The van der Waals surface area contributed by atoms with Gasteiger partial charge in [0, 0.05) is 6.07 Å². The summed E-state index contributed by atoms with van der Waals surface area (Å²) < 4.78 is 32.7. The summed E-state index contributed by atoms with van der Waals surface area (Å²) in [5.74, 6) is -1.10. The van der Waals surface area contributed by atoms with Gasteiger partial charge in [0.1, 0.15) is 11.5 Å². The summed E-state index contributed by atoms with van der Waals surface area (Å²) in [6.45, 7) is 0. The Bertz CT molecular complexity index is 326. The summed E-state index contributed by atoms with van der Waals surface area (Å²) in [5, 5.41) is 0. The predicted molar refractivity (Wildman–Crippen MR) is 44.6 cm³/mol. The van der Waals surface area contributed by atoms with E-state index in [-0.39, 0.29) is 5.75 Å². The lowest BCUT2D eigenvalue weighted by Gasteiger charge is -2.04. The first-order chi connectivity index (χ1) is 6.63. The van der Waals surface area contributed by atoms with Gasteiger partial charge in [0.25, 0.3) is 0 Å². The van der Waals surface area contributed by atoms with E-state index in [1.54, 1.807) is 6.07 Å². The number of methoxy groups -OCH3 is 1. The summed E-state index contributed by atoms with van der Waals surface area (Å²) in [6.07, 6.45) is -3.12. The van der Waals surface area contributed by atoms with Gasteiger partial charge in [-0.15, -0.1) is 0 Å². The molecule has 0 heterocycles. The Morgan fingerprint density at radius 2 is 2.00 bits per heavy atom. The zero-order valence-electron chi connectivity index (χ0n) is 7.37. The summed E-state index contributed by atoms with van der Waals surface area (Å²) >= 11 is 0. The van der Waals surface area contributed by atoms with Crippen molar-refractivity contribution in [3.05, 3.63) is 24.3 Å².